The molecule has 0 aliphatic rings. The molecule has 2 atom stereocenters. The van der Waals surface area contributed by atoms with E-state index in [1.54, 1.807) is 24.3 Å². The van der Waals surface area contributed by atoms with Crippen molar-refractivity contribution in [3.8, 4) is 0 Å². The molecule has 0 aromatic heterocycles. The Hall–Kier alpha value is -1.80. The van der Waals surface area contributed by atoms with Gasteiger partial charge in [0, 0.05) is 25.8 Å². The predicted octanol–water partition coefficient (Wildman–Crippen LogP) is 3.82. The Labute approximate surface area is 167 Å². The maximum atomic E-state index is 11.8. The Morgan fingerprint density at radius 1 is 1.11 bits per heavy atom. The van der Waals surface area contributed by atoms with Crippen molar-refractivity contribution in [3.63, 3.8) is 0 Å². The number of likely N-dealkylation sites (N-methyl/N-ethyl adjacent to an activating group) is 1. The van der Waals surface area contributed by atoms with Crippen LogP contribution in [-0.2, 0) is 9.84 Å². The molecule has 2 rings (SSSR count). The first-order valence-electron chi connectivity index (χ1n) is 7.87. The number of carboxylic acid groups (broad SMARTS) is 1. The molecule has 0 unspecified atom stereocenters. The number of nitrogens with zero attached hydrogens (tertiary/aromatic N) is 1. The van der Waals surface area contributed by atoms with Gasteiger partial charge < -0.3 is 15.1 Å². The van der Waals surface area contributed by atoms with Gasteiger partial charge in [0.1, 0.15) is 0 Å². The number of hydrogen-bond acceptors (Lipinski definition) is 4. The summed E-state index contributed by atoms with van der Waals surface area (Å²) in [5.74, 6) is -0.685. The molecule has 146 valence electrons. The molecule has 0 saturated carbocycles. The molecule has 0 heterocycles. The van der Waals surface area contributed by atoms with Crippen molar-refractivity contribution in [2.75, 3.05) is 19.8 Å². The molecule has 0 aliphatic carbocycles. The molecule has 6 nitrogen and oxygen atoms in total. The van der Waals surface area contributed by atoms with Gasteiger partial charge in [0.25, 0.3) is 0 Å². The van der Waals surface area contributed by atoms with E-state index in [1.807, 2.05) is 0 Å². The second-order valence-electron chi connectivity index (χ2n) is 6.23. The Morgan fingerprint density at radius 2 is 1.78 bits per heavy atom. The van der Waals surface area contributed by atoms with Crippen molar-refractivity contribution < 1.29 is 23.4 Å². The van der Waals surface area contributed by atoms with Crippen molar-refractivity contribution in [1.82, 2.24) is 4.90 Å². The normalized spacial score (nSPS) is 13.8. The third-order valence-electron chi connectivity index (χ3n) is 4.18. The van der Waals surface area contributed by atoms with Crippen LogP contribution < -0.4 is 0 Å². The van der Waals surface area contributed by atoms with Gasteiger partial charge in [-0.15, -0.1) is 0 Å². The Kier molecular flexibility index (Phi) is 6.75. The smallest absolute Gasteiger partial charge is 0.407 e. The highest BCUT2D eigenvalue weighted by molar-refractivity contribution is 7.90. The van der Waals surface area contributed by atoms with Crippen molar-refractivity contribution >= 4 is 39.1 Å². The van der Waals surface area contributed by atoms with Crippen LogP contribution in [0.1, 0.15) is 23.1 Å². The van der Waals surface area contributed by atoms with Gasteiger partial charge in [0.15, 0.2) is 9.84 Å². The van der Waals surface area contributed by atoms with Crippen LogP contribution in [0.25, 0.3) is 0 Å². The van der Waals surface area contributed by atoms with E-state index in [4.69, 9.17) is 23.2 Å². The van der Waals surface area contributed by atoms with Crippen LogP contribution in [0.3, 0.4) is 0 Å². The van der Waals surface area contributed by atoms with Gasteiger partial charge in [-0.3, -0.25) is 0 Å². The molecule has 0 radical (unpaired) electrons. The fraction of sp³-hybridized carbons (Fsp3) is 0.278. The van der Waals surface area contributed by atoms with Crippen molar-refractivity contribution in [2.45, 2.75) is 16.9 Å². The van der Waals surface area contributed by atoms with Gasteiger partial charge in [-0.05, 0) is 35.4 Å². The van der Waals surface area contributed by atoms with Crippen LogP contribution in [0.4, 0.5) is 4.79 Å². The molecule has 9 heteroatoms. The van der Waals surface area contributed by atoms with E-state index in [9.17, 15) is 23.4 Å². The maximum Gasteiger partial charge on any atom is 0.407 e. The second kappa shape index (κ2) is 8.48. The lowest BCUT2D eigenvalue weighted by Crippen LogP contribution is -2.32. The number of amides is 1. The zero-order valence-corrected chi connectivity index (χ0v) is 17.0. The van der Waals surface area contributed by atoms with Crippen molar-refractivity contribution in [1.29, 1.82) is 0 Å². The van der Waals surface area contributed by atoms with Gasteiger partial charge in [-0.2, -0.15) is 0 Å². The first-order chi connectivity index (χ1) is 12.5. The standard InChI is InChI=1S/C18H19Cl2NO5S/c1-21(18(23)24)10-14(11-6-7-15(19)16(20)9-11)17(22)12-4-3-5-13(8-12)27(2,25)26/h3-9,14,17,22H,10H2,1-2H3,(H,23,24)/t14-,17+/m0/s1. The SMILES string of the molecule is CN(C[C@@H](c1ccc(Cl)c(Cl)c1)[C@H](O)c1cccc(S(C)(=O)=O)c1)C(=O)O. The van der Waals surface area contributed by atoms with Crippen LogP contribution in [0.2, 0.25) is 10.0 Å². The molecule has 0 bridgehead atoms. The topological polar surface area (TPSA) is 94.9 Å². The van der Waals surface area contributed by atoms with Gasteiger partial charge in [-0.1, -0.05) is 41.4 Å². The third kappa shape index (κ3) is 5.35. The molecule has 1 amide bonds. The first-order valence-corrected chi connectivity index (χ1v) is 10.5. The Bertz CT molecular complexity index is 949. The molecule has 0 spiro atoms. The lowest BCUT2D eigenvalue weighted by atomic mass is 9.88. The zero-order valence-electron chi connectivity index (χ0n) is 14.6. The first kappa shape index (κ1) is 21.5. The Morgan fingerprint density at radius 3 is 2.33 bits per heavy atom. The summed E-state index contributed by atoms with van der Waals surface area (Å²) in [7, 11) is -2.07. The number of hydrogen-bond donors (Lipinski definition) is 2. The minimum Gasteiger partial charge on any atom is -0.465 e. The van der Waals surface area contributed by atoms with Crippen molar-refractivity contribution in [3.05, 3.63) is 63.6 Å². The van der Waals surface area contributed by atoms with E-state index < -0.39 is 28.0 Å². The number of halogens is 2. The zero-order chi connectivity index (χ0) is 20.4. The summed E-state index contributed by atoms with van der Waals surface area (Å²) in [5.41, 5.74) is 0.933. The highest BCUT2D eigenvalue weighted by atomic mass is 35.5. The largest absolute Gasteiger partial charge is 0.465 e. The molecule has 2 aromatic rings. The average Bonchev–Trinajstić information content (AvgIpc) is 2.60. The summed E-state index contributed by atoms with van der Waals surface area (Å²) in [6, 6.07) is 10.7. The fourth-order valence-corrected chi connectivity index (χ4v) is 3.65. The van der Waals surface area contributed by atoms with E-state index in [0.29, 0.717) is 16.1 Å². The number of benzene rings is 2. The molecule has 0 aliphatic heterocycles. The lowest BCUT2D eigenvalue weighted by Gasteiger charge is -2.27. The van der Waals surface area contributed by atoms with Crippen molar-refractivity contribution in [2.24, 2.45) is 0 Å². The van der Waals surface area contributed by atoms with Gasteiger partial charge >= 0.3 is 6.09 Å². The van der Waals surface area contributed by atoms with E-state index in [-0.39, 0.29) is 16.5 Å². The summed E-state index contributed by atoms with van der Waals surface area (Å²) in [5, 5.41) is 20.7. The molecular formula is C18H19Cl2NO5S. The van der Waals surface area contributed by atoms with Gasteiger partial charge in [0.05, 0.1) is 21.0 Å². The summed E-state index contributed by atoms with van der Waals surface area (Å²) in [6.45, 7) is -0.0302. The molecule has 2 aromatic carbocycles. The van der Waals surface area contributed by atoms with E-state index >= 15 is 0 Å². The van der Waals surface area contributed by atoms with Gasteiger partial charge in [-0.25, -0.2) is 13.2 Å². The Balaban J connectivity index is 2.49. The molecule has 27 heavy (non-hydrogen) atoms. The highest BCUT2D eigenvalue weighted by Gasteiger charge is 2.27. The summed E-state index contributed by atoms with van der Waals surface area (Å²) in [4.78, 5) is 12.4. The van der Waals surface area contributed by atoms with E-state index in [1.165, 1.54) is 25.2 Å². The maximum absolute atomic E-state index is 11.8. The van der Waals surface area contributed by atoms with Crippen LogP contribution >= 0.6 is 23.2 Å². The minimum absolute atomic E-state index is 0.0302. The van der Waals surface area contributed by atoms with Crippen LogP contribution in [0, 0.1) is 0 Å². The van der Waals surface area contributed by atoms with Crippen LogP contribution in [0.15, 0.2) is 47.4 Å². The molecule has 2 N–H and O–H groups in total. The highest BCUT2D eigenvalue weighted by Crippen LogP contribution is 2.35. The fourth-order valence-electron chi connectivity index (χ4n) is 2.67. The second-order valence-corrected chi connectivity index (χ2v) is 9.06. The quantitative estimate of drug-likeness (QED) is 0.724. The van der Waals surface area contributed by atoms with E-state index in [2.05, 4.69) is 0 Å². The third-order valence-corrected chi connectivity index (χ3v) is 6.03. The summed E-state index contributed by atoms with van der Waals surface area (Å²) < 4.78 is 23.6. The molecule has 0 fully saturated rings. The lowest BCUT2D eigenvalue weighted by molar-refractivity contribution is 0.113. The minimum atomic E-state index is -3.45. The number of aliphatic hydroxyl groups excluding tert-OH is 1. The number of rotatable bonds is 6. The summed E-state index contributed by atoms with van der Waals surface area (Å²) >= 11 is 12.0. The number of carbonyl (C=O) groups is 1. The average molecular weight is 432 g/mol. The van der Waals surface area contributed by atoms with E-state index in [0.717, 1.165) is 11.2 Å². The monoisotopic (exact) mass is 431 g/mol. The number of sulfone groups is 1. The number of aliphatic hydroxyl groups is 1. The predicted molar refractivity (Wildman–Crippen MR) is 104 cm³/mol. The van der Waals surface area contributed by atoms with Crippen LogP contribution in [0.5, 0.6) is 0 Å². The molecule has 0 saturated heterocycles. The summed E-state index contributed by atoms with van der Waals surface area (Å²) in [6.07, 6.45) is -1.24. The van der Waals surface area contributed by atoms with Gasteiger partial charge in [0.2, 0.25) is 0 Å². The van der Waals surface area contributed by atoms with Crippen LogP contribution in [-0.4, -0.2) is 49.5 Å². The molecular weight excluding hydrogens is 413 g/mol.